The fraction of sp³-hybridized carbons (Fsp3) is 0.154. The molecule has 1 aliphatic heterocycles. The summed E-state index contributed by atoms with van der Waals surface area (Å²) in [5, 5.41) is 0. The summed E-state index contributed by atoms with van der Waals surface area (Å²) in [6, 6.07) is 15.8. The average molecular weight is 430 g/mol. The molecule has 0 aromatic heterocycles. The van der Waals surface area contributed by atoms with E-state index in [1.165, 1.54) is 14.2 Å². The minimum absolute atomic E-state index is 0.209. The van der Waals surface area contributed by atoms with Crippen molar-refractivity contribution in [1.82, 2.24) is 0 Å². The second-order valence-corrected chi connectivity index (χ2v) is 7.41. The summed E-state index contributed by atoms with van der Waals surface area (Å²) >= 11 is 0. The highest BCUT2D eigenvalue weighted by molar-refractivity contribution is 6.15. The molecule has 162 valence electrons. The van der Waals surface area contributed by atoms with E-state index in [1.807, 2.05) is 31.2 Å². The van der Waals surface area contributed by atoms with E-state index >= 15 is 0 Å². The lowest BCUT2D eigenvalue weighted by molar-refractivity contribution is 0.0732. The van der Waals surface area contributed by atoms with Gasteiger partial charge in [-0.15, -0.1) is 0 Å². The van der Waals surface area contributed by atoms with Crippen molar-refractivity contribution in [2.24, 2.45) is 0 Å². The van der Waals surface area contributed by atoms with Crippen LogP contribution in [0.1, 0.15) is 37.4 Å². The number of methoxy groups -OCH3 is 2. The number of benzene rings is 3. The van der Waals surface area contributed by atoms with E-state index in [0.29, 0.717) is 34.1 Å². The Hall–Kier alpha value is -4.06. The number of esters is 1. The Balaban J connectivity index is 1.60. The predicted molar refractivity (Wildman–Crippen MR) is 120 cm³/mol. The van der Waals surface area contributed by atoms with Crippen LogP contribution in [0.3, 0.4) is 0 Å². The Bertz CT molecular complexity index is 1220. The number of hydrogen-bond donors (Lipinski definition) is 0. The predicted octanol–water partition coefficient (Wildman–Crippen LogP) is 5.16. The van der Waals surface area contributed by atoms with Crippen molar-refractivity contribution in [3.8, 4) is 23.0 Å². The van der Waals surface area contributed by atoms with Gasteiger partial charge in [-0.05, 0) is 49.8 Å². The highest BCUT2D eigenvalue weighted by Crippen LogP contribution is 2.39. The molecule has 0 unspecified atom stereocenters. The zero-order valence-electron chi connectivity index (χ0n) is 18.2. The summed E-state index contributed by atoms with van der Waals surface area (Å²) in [6.45, 7) is 3.74. The number of hydrogen-bond acceptors (Lipinski definition) is 6. The number of fused-ring (bicyclic) bond motifs is 1. The summed E-state index contributed by atoms with van der Waals surface area (Å²) in [7, 11) is 3.01. The fourth-order valence-corrected chi connectivity index (χ4v) is 3.38. The Labute approximate surface area is 186 Å². The minimum Gasteiger partial charge on any atom is -0.497 e. The van der Waals surface area contributed by atoms with E-state index in [4.69, 9.17) is 18.9 Å². The standard InChI is InChI=1S/C26H22O6/c1-15-5-7-17(8-6-15)11-23-24(27)21-9-10-22(16(2)25(21)31-23)32-26(28)18-12-19(29-3)14-20(13-18)30-4/h5-14H,1-4H3/b23-11-. The van der Waals surface area contributed by atoms with Crippen LogP contribution in [0.25, 0.3) is 6.08 Å². The molecule has 32 heavy (non-hydrogen) atoms. The smallest absolute Gasteiger partial charge is 0.343 e. The first-order valence-electron chi connectivity index (χ1n) is 9.99. The first-order valence-corrected chi connectivity index (χ1v) is 9.99. The second-order valence-electron chi connectivity index (χ2n) is 7.41. The Kier molecular flexibility index (Phi) is 5.69. The molecule has 0 atom stereocenters. The lowest BCUT2D eigenvalue weighted by Crippen LogP contribution is -2.10. The van der Waals surface area contributed by atoms with E-state index in [-0.39, 0.29) is 17.1 Å². The van der Waals surface area contributed by atoms with Gasteiger partial charge in [0.25, 0.3) is 0 Å². The molecule has 0 saturated carbocycles. The Morgan fingerprint density at radius 3 is 2.19 bits per heavy atom. The molecule has 1 aliphatic rings. The number of ether oxygens (including phenoxy) is 4. The third-order valence-electron chi connectivity index (χ3n) is 5.20. The molecule has 0 fully saturated rings. The number of allylic oxidation sites excluding steroid dienone is 1. The summed E-state index contributed by atoms with van der Waals surface area (Å²) in [5.74, 6) is 1.09. The molecule has 0 amide bonds. The van der Waals surface area contributed by atoms with Crippen molar-refractivity contribution in [1.29, 1.82) is 0 Å². The SMILES string of the molecule is COc1cc(OC)cc(C(=O)Oc2ccc3c(c2C)O/C(=C\c2ccc(C)cc2)C3=O)c1. The first kappa shape index (κ1) is 21.2. The maximum absolute atomic E-state index is 12.8. The maximum atomic E-state index is 12.8. The molecule has 0 N–H and O–H groups in total. The number of carbonyl (C=O) groups is 2. The molecule has 6 heteroatoms. The number of rotatable bonds is 5. The summed E-state index contributed by atoms with van der Waals surface area (Å²) in [4.78, 5) is 25.5. The van der Waals surface area contributed by atoms with Crippen LogP contribution in [0.5, 0.6) is 23.0 Å². The van der Waals surface area contributed by atoms with Crippen molar-refractivity contribution in [3.63, 3.8) is 0 Å². The largest absolute Gasteiger partial charge is 0.497 e. The summed E-state index contributed by atoms with van der Waals surface area (Å²) < 4.78 is 21.9. The molecular weight excluding hydrogens is 408 g/mol. The third-order valence-corrected chi connectivity index (χ3v) is 5.20. The topological polar surface area (TPSA) is 71.1 Å². The summed E-state index contributed by atoms with van der Waals surface area (Å²) in [5.41, 5.74) is 3.27. The zero-order valence-corrected chi connectivity index (χ0v) is 18.2. The monoisotopic (exact) mass is 430 g/mol. The maximum Gasteiger partial charge on any atom is 0.343 e. The van der Waals surface area contributed by atoms with Gasteiger partial charge in [0.15, 0.2) is 5.76 Å². The van der Waals surface area contributed by atoms with Crippen LogP contribution < -0.4 is 18.9 Å². The van der Waals surface area contributed by atoms with Gasteiger partial charge in [-0.1, -0.05) is 29.8 Å². The molecule has 3 aromatic rings. The van der Waals surface area contributed by atoms with Crippen LogP contribution in [-0.4, -0.2) is 26.0 Å². The molecule has 1 heterocycles. The lowest BCUT2D eigenvalue weighted by atomic mass is 10.1. The van der Waals surface area contributed by atoms with Crippen LogP contribution in [0.2, 0.25) is 0 Å². The van der Waals surface area contributed by atoms with E-state index < -0.39 is 5.97 Å². The molecule has 3 aromatic carbocycles. The van der Waals surface area contributed by atoms with Gasteiger partial charge >= 0.3 is 5.97 Å². The fourth-order valence-electron chi connectivity index (χ4n) is 3.38. The highest BCUT2D eigenvalue weighted by atomic mass is 16.5. The number of Topliss-reactive ketones (excluding diaryl/α,β-unsaturated/α-hetero) is 1. The number of aryl methyl sites for hydroxylation is 1. The van der Waals surface area contributed by atoms with Crippen molar-refractivity contribution in [2.45, 2.75) is 13.8 Å². The Morgan fingerprint density at radius 2 is 1.56 bits per heavy atom. The van der Waals surface area contributed by atoms with E-state index in [0.717, 1.165) is 11.1 Å². The first-order chi connectivity index (χ1) is 15.4. The minimum atomic E-state index is -0.579. The molecule has 0 radical (unpaired) electrons. The van der Waals surface area contributed by atoms with E-state index in [1.54, 1.807) is 43.3 Å². The van der Waals surface area contributed by atoms with Crippen LogP contribution >= 0.6 is 0 Å². The molecule has 0 aliphatic carbocycles. The number of ketones is 1. The van der Waals surface area contributed by atoms with Crippen LogP contribution in [-0.2, 0) is 0 Å². The van der Waals surface area contributed by atoms with Gasteiger partial charge in [0.2, 0.25) is 5.78 Å². The zero-order chi connectivity index (χ0) is 22.8. The van der Waals surface area contributed by atoms with E-state index in [9.17, 15) is 9.59 Å². The van der Waals surface area contributed by atoms with Gasteiger partial charge in [-0.25, -0.2) is 4.79 Å². The molecule has 0 saturated heterocycles. The van der Waals surface area contributed by atoms with Crippen molar-refractivity contribution in [3.05, 3.63) is 88.2 Å². The summed E-state index contributed by atoms with van der Waals surface area (Å²) in [6.07, 6.45) is 1.70. The number of carbonyl (C=O) groups excluding carboxylic acids is 2. The molecule has 0 spiro atoms. The van der Waals surface area contributed by atoms with Gasteiger partial charge in [0.05, 0.1) is 25.3 Å². The van der Waals surface area contributed by atoms with Crippen LogP contribution in [0, 0.1) is 13.8 Å². The van der Waals surface area contributed by atoms with Crippen molar-refractivity contribution >= 4 is 17.8 Å². The van der Waals surface area contributed by atoms with Gasteiger partial charge in [-0.2, -0.15) is 0 Å². The third kappa shape index (κ3) is 4.07. The van der Waals surface area contributed by atoms with Crippen LogP contribution in [0.4, 0.5) is 0 Å². The van der Waals surface area contributed by atoms with E-state index in [2.05, 4.69) is 0 Å². The average Bonchev–Trinajstić information content (AvgIpc) is 3.12. The van der Waals surface area contributed by atoms with Gasteiger partial charge in [0, 0.05) is 11.6 Å². The normalized spacial score (nSPS) is 13.5. The Morgan fingerprint density at radius 1 is 0.906 bits per heavy atom. The molecule has 4 rings (SSSR count). The van der Waals surface area contributed by atoms with Gasteiger partial charge in [-0.3, -0.25) is 4.79 Å². The van der Waals surface area contributed by atoms with Crippen molar-refractivity contribution < 1.29 is 28.5 Å². The molecule has 0 bridgehead atoms. The second kappa shape index (κ2) is 8.59. The van der Waals surface area contributed by atoms with Gasteiger partial charge in [0.1, 0.15) is 23.0 Å². The lowest BCUT2D eigenvalue weighted by Gasteiger charge is -2.11. The molecule has 6 nitrogen and oxygen atoms in total. The highest BCUT2D eigenvalue weighted by Gasteiger charge is 2.30. The van der Waals surface area contributed by atoms with Crippen LogP contribution in [0.15, 0.2) is 60.4 Å². The van der Waals surface area contributed by atoms with Gasteiger partial charge < -0.3 is 18.9 Å². The van der Waals surface area contributed by atoms with Crippen molar-refractivity contribution in [2.75, 3.05) is 14.2 Å². The molecular formula is C26H22O6. The quantitative estimate of drug-likeness (QED) is 0.316.